The molecule has 3 rings (SSSR count). The summed E-state index contributed by atoms with van der Waals surface area (Å²) in [5.41, 5.74) is -1.90. The predicted molar refractivity (Wildman–Crippen MR) is 57.0 cm³/mol. The summed E-state index contributed by atoms with van der Waals surface area (Å²) in [5.74, 6) is -0.744. The van der Waals surface area contributed by atoms with E-state index in [0.29, 0.717) is 19.6 Å². The van der Waals surface area contributed by atoms with Crippen LogP contribution in [0, 0.1) is 0 Å². The second kappa shape index (κ2) is 2.80. The molecule has 0 saturated carbocycles. The number of hydrogen-bond acceptors (Lipinski definition) is 4. The molecule has 0 aromatic carbocycles. The largest absolute Gasteiger partial charge is 0.387 e. The van der Waals surface area contributed by atoms with Gasteiger partial charge in [0.25, 0.3) is 0 Å². The van der Waals surface area contributed by atoms with Gasteiger partial charge in [-0.2, -0.15) is 0 Å². The zero-order valence-corrected chi connectivity index (χ0v) is 10.2. The van der Waals surface area contributed by atoms with Crippen molar-refractivity contribution in [3.05, 3.63) is 0 Å². The Morgan fingerprint density at radius 2 is 1.62 bits per heavy atom. The normalized spacial score (nSPS) is 54.8. The smallest absolute Gasteiger partial charge is 0.200 e. The summed E-state index contributed by atoms with van der Waals surface area (Å²) in [7, 11) is 0. The summed E-state index contributed by atoms with van der Waals surface area (Å²) < 4.78 is 17.7. The molecule has 1 spiro atoms. The first-order valence-corrected chi connectivity index (χ1v) is 6.03. The van der Waals surface area contributed by atoms with Crippen LogP contribution in [-0.4, -0.2) is 40.9 Å². The van der Waals surface area contributed by atoms with Crippen molar-refractivity contribution in [3.8, 4) is 0 Å². The van der Waals surface area contributed by atoms with Crippen LogP contribution in [0.5, 0.6) is 0 Å². The standard InChI is InChI=1S/C12H20O4/c1-9-4-5-12(14-6-7-15-12)11(3,16-9)10(2,13)8-9/h13H,4-8H2,1-3H3/t9-,10-,11-/m0/s1. The van der Waals surface area contributed by atoms with Gasteiger partial charge in [0.2, 0.25) is 5.79 Å². The lowest BCUT2D eigenvalue weighted by molar-refractivity contribution is -0.338. The molecule has 0 aromatic heterocycles. The first kappa shape index (κ1) is 11.0. The summed E-state index contributed by atoms with van der Waals surface area (Å²) in [6, 6.07) is 0. The molecule has 1 N–H and O–H groups in total. The zero-order valence-electron chi connectivity index (χ0n) is 10.2. The van der Waals surface area contributed by atoms with Crippen molar-refractivity contribution in [1.82, 2.24) is 0 Å². The molecule has 3 atom stereocenters. The maximum Gasteiger partial charge on any atom is 0.200 e. The topological polar surface area (TPSA) is 47.9 Å². The molecule has 3 aliphatic rings. The molecule has 3 heterocycles. The van der Waals surface area contributed by atoms with E-state index in [2.05, 4.69) is 6.92 Å². The molecule has 0 amide bonds. The number of ether oxygens (including phenoxy) is 3. The predicted octanol–water partition coefficient (Wildman–Crippen LogP) is 1.21. The first-order valence-electron chi connectivity index (χ1n) is 6.03. The van der Waals surface area contributed by atoms with Crippen molar-refractivity contribution in [2.75, 3.05) is 13.2 Å². The summed E-state index contributed by atoms with van der Waals surface area (Å²) in [6.07, 6.45) is 2.32. The monoisotopic (exact) mass is 228 g/mol. The molecular weight excluding hydrogens is 208 g/mol. The second-order valence-corrected chi connectivity index (χ2v) is 5.99. The average molecular weight is 228 g/mol. The van der Waals surface area contributed by atoms with Crippen molar-refractivity contribution in [2.45, 2.75) is 62.6 Å². The molecule has 3 aliphatic heterocycles. The number of rotatable bonds is 0. The molecule has 4 heteroatoms. The molecule has 0 aromatic rings. The third-order valence-corrected chi connectivity index (χ3v) is 4.66. The molecule has 3 saturated heterocycles. The van der Waals surface area contributed by atoms with E-state index in [1.54, 1.807) is 0 Å². The third-order valence-electron chi connectivity index (χ3n) is 4.66. The van der Waals surface area contributed by atoms with Crippen LogP contribution in [0.15, 0.2) is 0 Å². The van der Waals surface area contributed by atoms with Gasteiger partial charge in [0.05, 0.1) is 24.4 Å². The molecule has 3 fully saturated rings. The van der Waals surface area contributed by atoms with Crippen LogP contribution in [0.2, 0.25) is 0 Å². The van der Waals surface area contributed by atoms with Crippen molar-refractivity contribution < 1.29 is 19.3 Å². The molecule has 16 heavy (non-hydrogen) atoms. The van der Waals surface area contributed by atoms with Crippen LogP contribution in [0.25, 0.3) is 0 Å². The minimum Gasteiger partial charge on any atom is -0.387 e. The van der Waals surface area contributed by atoms with Crippen molar-refractivity contribution in [2.24, 2.45) is 0 Å². The van der Waals surface area contributed by atoms with E-state index in [1.165, 1.54) is 0 Å². The first-order chi connectivity index (χ1) is 7.33. The van der Waals surface area contributed by atoms with E-state index in [1.807, 2.05) is 13.8 Å². The van der Waals surface area contributed by atoms with E-state index in [4.69, 9.17) is 14.2 Å². The second-order valence-electron chi connectivity index (χ2n) is 5.99. The third kappa shape index (κ3) is 1.09. The molecule has 92 valence electrons. The highest BCUT2D eigenvalue weighted by Crippen LogP contribution is 2.59. The Morgan fingerprint density at radius 1 is 1.00 bits per heavy atom. The van der Waals surface area contributed by atoms with Crippen LogP contribution < -0.4 is 0 Å². The summed E-state index contributed by atoms with van der Waals surface area (Å²) in [6.45, 7) is 6.99. The Bertz CT molecular complexity index is 321. The summed E-state index contributed by atoms with van der Waals surface area (Å²) in [5, 5.41) is 10.6. The fraction of sp³-hybridized carbons (Fsp3) is 1.00. The Kier molecular flexibility index (Phi) is 1.92. The van der Waals surface area contributed by atoms with E-state index in [-0.39, 0.29) is 5.60 Å². The number of fused-ring (bicyclic) bond motifs is 3. The lowest BCUT2D eigenvalue weighted by Gasteiger charge is -2.50. The van der Waals surface area contributed by atoms with Gasteiger partial charge in [0.1, 0.15) is 5.60 Å². The van der Waals surface area contributed by atoms with Gasteiger partial charge in [-0.25, -0.2) is 0 Å². The lowest BCUT2D eigenvalue weighted by Crippen LogP contribution is -2.65. The van der Waals surface area contributed by atoms with Crippen molar-refractivity contribution >= 4 is 0 Å². The van der Waals surface area contributed by atoms with Crippen LogP contribution in [0.4, 0.5) is 0 Å². The van der Waals surface area contributed by atoms with Gasteiger partial charge in [0.15, 0.2) is 0 Å². The number of aliphatic hydroxyl groups is 1. The SMILES string of the molecule is C[C@@]12CCC3(OCCO3)[C@@](C)(O1)[C@@](C)(O)C2. The molecule has 2 bridgehead atoms. The van der Waals surface area contributed by atoms with Crippen LogP contribution in [0.1, 0.15) is 40.0 Å². The van der Waals surface area contributed by atoms with E-state index in [0.717, 1.165) is 12.8 Å². The highest BCUT2D eigenvalue weighted by molar-refractivity contribution is 5.18. The average Bonchev–Trinajstić information content (AvgIpc) is 2.66. The highest BCUT2D eigenvalue weighted by Gasteiger charge is 2.72. The number of hydrogen-bond donors (Lipinski definition) is 1. The van der Waals surface area contributed by atoms with Crippen molar-refractivity contribution in [3.63, 3.8) is 0 Å². The Balaban J connectivity index is 2.07. The fourth-order valence-electron chi connectivity index (χ4n) is 3.71. The van der Waals surface area contributed by atoms with E-state index in [9.17, 15) is 5.11 Å². The molecule has 4 nitrogen and oxygen atoms in total. The van der Waals surface area contributed by atoms with E-state index >= 15 is 0 Å². The summed E-state index contributed by atoms with van der Waals surface area (Å²) in [4.78, 5) is 0. The van der Waals surface area contributed by atoms with E-state index < -0.39 is 17.0 Å². The van der Waals surface area contributed by atoms with Gasteiger partial charge in [-0.3, -0.25) is 0 Å². The maximum atomic E-state index is 10.6. The molecular formula is C12H20O4. The van der Waals surface area contributed by atoms with Gasteiger partial charge in [-0.1, -0.05) is 0 Å². The van der Waals surface area contributed by atoms with Crippen LogP contribution in [-0.2, 0) is 14.2 Å². The minimum atomic E-state index is -0.900. The Labute approximate surface area is 95.9 Å². The quantitative estimate of drug-likeness (QED) is 0.677. The zero-order chi connectivity index (χ0) is 11.7. The molecule has 0 unspecified atom stereocenters. The van der Waals surface area contributed by atoms with Gasteiger partial charge >= 0.3 is 0 Å². The fourth-order valence-corrected chi connectivity index (χ4v) is 3.71. The summed E-state index contributed by atoms with van der Waals surface area (Å²) >= 11 is 0. The van der Waals surface area contributed by atoms with Crippen LogP contribution >= 0.6 is 0 Å². The minimum absolute atomic E-state index is 0.237. The lowest BCUT2D eigenvalue weighted by atomic mass is 9.79. The van der Waals surface area contributed by atoms with Gasteiger partial charge in [-0.05, 0) is 27.2 Å². The van der Waals surface area contributed by atoms with Gasteiger partial charge in [-0.15, -0.1) is 0 Å². The Morgan fingerprint density at radius 3 is 2.25 bits per heavy atom. The molecule has 0 aliphatic carbocycles. The van der Waals surface area contributed by atoms with Gasteiger partial charge < -0.3 is 19.3 Å². The Hall–Kier alpha value is -0.160. The molecule has 0 radical (unpaired) electrons. The maximum absolute atomic E-state index is 10.6. The van der Waals surface area contributed by atoms with Crippen molar-refractivity contribution in [1.29, 1.82) is 0 Å². The van der Waals surface area contributed by atoms with Crippen LogP contribution in [0.3, 0.4) is 0 Å². The highest BCUT2D eigenvalue weighted by atomic mass is 16.8. The van der Waals surface area contributed by atoms with Gasteiger partial charge in [0, 0.05) is 12.8 Å².